The number of anilines is 1. The number of nitrogens with two attached hydrogens (primary N) is 1. The molecule has 0 unspecified atom stereocenters. The third-order valence-corrected chi connectivity index (χ3v) is 2.50. The number of amides is 1. The summed E-state index contributed by atoms with van der Waals surface area (Å²) < 4.78 is 6.70. The zero-order valence-electron chi connectivity index (χ0n) is 11.4. The zero-order chi connectivity index (χ0) is 14.3. The maximum atomic E-state index is 11.9. The number of aromatic nitrogens is 1. The quantitative estimate of drug-likeness (QED) is 0.726. The van der Waals surface area contributed by atoms with E-state index in [0.29, 0.717) is 24.5 Å². The molecule has 0 aliphatic rings. The molecule has 0 bridgehead atoms. The summed E-state index contributed by atoms with van der Waals surface area (Å²) in [4.78, 5) is 23.2. The largest absolute Gasteiger partial charge is 0.451 e. The smallest absolute Gasteiger partial charge is 0.355 e. The van der Waals surface area contributed by atoms with Crippen LogP contribution in [0.4, 0.5) is 5.69 Å². The van der Waals surface area contributed by atoms with E-state index in [-0.39, 0.29) is 12.5 Å². The Morgan fingerprint density at radius 2 is 2.11 bits per heavy atom. The van der Waals surface area contributed by atoms with Crippen LogP contribution in [-0.4, -0.2) is 29.6 Å². The molecule has 0 aliphatic carbocycles. The molecule has 1 aromatic heterocycles. The van der Waals surface area contributed by atoms with Gasteiger partial charge in [-0.15, -0.1) is 0 Å². The number of nitrogen functional groups attached to an aromatic ring is 1. The van der Waals surface area contributed by atoms with Crippen molar-refractivity contribution >= 4 is 17.6 Å². The number of hydrogen-bond acceptors (Lipinski definition) is 4. The van der Waals surface area contributed by atoms with Gasteiger partial charge in [-0.3, -0.25) is 4.79 Å². The van der Waals surface area contributed by atoms with Crippen LogP contribution < -0.4 is 11.1 Å². The number of nitrogens with zero attached hydrogens (tertiary/aromatic N) is 1. The van der Waals surface area contributed by atoms with Gasteiger partial charge in [0.15, 0.2) is 6.61 Å². The van der Waals surface area contributed by atoms with E-state index in [9.17, 15) is 9.59 Å². The highest BCUT2D eigenvalue weighted by atomic mass is 16.5. The minimum atomic E-state index is -0.531. The Bertz CT molecular complexity index is 440. The Kier molecular flexibility index (Phi) is 5.92. The highest BCUT2D eigenvalue weighted by molar-refractivity contribution is 5.91. The highest BCUT2D eigenvalue weighted by Gasteiger charge is 2.15. The van der Waals surface area contributed by atoms with Gasteiger partial charge < -0.3 is 20.4 Å². The molecule has 0 fully saturated rings. The third kappa shape index (κ3) is 4.65. The average molecular weight is 267 g/mol. The van der Waals surface area contributed by atoms with E-state index < -0.39 is 5.97 Å². The van der Waals surface area contributed by atoms with Crippen molar-refractivity contribution in [1.29, 1.82) is 0 Å². The maximum Gasteiger partial charge on any atom is 0.355 e. The summed E-state index contributed by atoms with van der Waals surface area (Å²) in [6.45, 7) is 4.95. The predicted octanol–water partition coefficient (Wildman–Crippen LogP) is 1.16. The van der Waals surface area contributed by atoms with E-state index in [1.54, 1.807) is 16.8 Å². The van der Waals surface area contributed by atoms with E-state index in [4.69, 9.17) is 10.5 Å². The molecule has 106 valence electrons. The Morgan fingerprint density at radius 3 is 2.74 bits per heavy atom. The molecule has 6 nitrogen and oxygen atoms in total. The van der Waals surface area contributed by atoms with Crippen LogP contribution in [0.3, 0.4) is 0 Å². The van der Waals surface area contributed by atoms with E-state index in [1.165, 1.54) is 0 Å². The van der Waals surface area contributed by atoms with Crippen molar-refractivity contribution in [1.82, 2.24) is 9.88 Å². The van der Waals surface area contributed by atoms with Gasteiger partial charge in [0.1, 0.15) is 5.69 Å². The third-order valence-electron chi connectivity index (χ3n) is 2.50. The molecule has 1 aromatic rings. The van der Waals surface area contributed by atoms with Gasteiger partial charge in [0.2, 0.25) is 0 Å². The van der Waals surface area contributed by atoms with Gasteiger partial charge in [-0.2, -0.15) is 0 Å². The molecule has 0 atom stereocenters. The second-order valence-electron chi connectivity index (χ2n) is 4.28. The van der Waals surface area contributed by atoms with Gasteiger partial charge in [0.25, 0.3) is 5.91 Å². The molecule has 0 spiro atoms. The fourth-order valence-corrected chi connectivity index (χ4v) is 1.65. The average Bonchev–Trinajstić information content (AvgIpc) is 2.75. The topological polar surface area (TPSA) is 86.3 Å². The second kappa shape index (κ2) is 7.45. The molecule has 1 heterocycles. The van der Waals surface area contributed by atoms with E-state index in [2.05, 4.69) is 5.32 Å². The summed E-state index contributed by atoms with van der Waals surface area (Å²) in [5.74, 6) is -0.825. The fourth-order valence-electron chi connectivity index (χ4n) is 1.65. The van der Waals surface area contributed by atoms with Crippen LogP contribution in [0.2, 0.25) is 0 Å². The minimum Gasteiger partial charge on any atom is -0.451 e. The number of hydrogen-bond donors (Lipinski definition) is 2. The number of carbonyl (C=O) groups is 2. The Labute approximate surface area is 112 Å². The molecule has 0 saturated carbocycles. The van der Waals surface area contributed by atoms with E-state index >= 15 is 0 Å². The van der Waals surface area contributed by atoms with Gasteiger partial charge in [0.05, 0.1) is 5.69 Å². The Hall–Kier alpha value is -1.98. The van der Waals surface area contributed by atoms with Gasteiger partial charge in [-0.1, -0.05) is 13.8 Å². The SMILES string of the molecule is CCCNC(=O)COC(=O)c1cc(N)cn1CCC. The summed E-state index contributed by atoms with van der Waals surface area (Å²) >= 11 is 0. The van der Waals surface area contributed by atoms with Crippen LogP contribution in [0.1, 0.15) is 37.2 Å². The molecule has 6 heteroatoms. The van der Waals surface area contributed by atoms with Gasteiger partial charge >= 0.3 is 5.97 Å². The minimum absolute atomic E-state index is 0.268. The standard InChI is InChI=1S/C13H21N3O3/c1-3-5-15-12(17)9-19-13(18)11-7-10(14)8-16(11)6-4-2/h7-8H,3-6,9,14H2,1-2H3,(H,15,17). The maximum absolute atomic E-state index is 11.9. The van der Waals surface area contributed by atoms with Gasteiger partial charge in [-0.25, -0.2) is 4.79 Å². The zero-order valence-corrected chi connectivity index (χ0v) is 11.4. The summed E-state index contributed by atoms with van der Waals surface area (Å²) in [5.41, 5.74) is 6.55. The lowest BCUT2D eigenvalue weighted by atomic mass is 10.4. The van der Waals surface area contributed by atoms with Crippen molar-refractivity contribution in [3.05, 3.63) is 18.0 Å². The first-order chi connectivity index (χ1) is 9.08. The second-order valence-corrected chi connectivity index (χ2v) is 4.28. The number of nitrogens with one attached hydrogen (secondary N) is 1. The predicted molar refractivity (Wildman–Crippen MR) is 72.7 cm³/mol. The van der Waals surface area contributed by atoms with Crippen LogP contribution in [0.15, 0.2) is 12.3 Å². The van der Waals surface area contributed by atoms with Crippen LogP contribution in [0, 0.1) is 0 Å². The number of rotatable bonds is 7. The molecule has 3 N–H and O–H groups in total. The highest BCUT2D eigenvalue weighted by Crippen LogP contribution is 2.12. The van der Waals surface area contributed by atoms with Crippen molar-refractivity contribution in [3.8, 4) is 0 Å². The molecule has 1 amide bonds. The van der Waals surface area contributed by atoms with Gasteiger partial charge in [-0.05, 0) is 18.9 Å². The molecular formula is C13H21N3O3. The molecular weight excluding hydrogens is 246 g/mol. The fraction of sp³-hybridized carbons (Fsp3) is 0.538. The van der Waals surface area contributed by atoms with Crippen molar-refractivity contribution < 1.29 is 14.3 Å². The van der Waals surface area contributed by atoms with E-state index in [0.717, 1.165) is 12.8 Å². The molecule has 0 radical (unpaired) electrons. The molecule has 0 saturated heterocycles. The summed E-state index contributed by atoms with van der Waals surface area (Å²) in [6, 6.07) is 1.56. The number of ether oxygens (including phenoxy) is 1. The first kappa shape index (κ1) is 15.1. The monoisotopic (exact) mass is 267 g/mol. The Balaban J connectivity index is 2.55. The number of aryl methyl sites for hydroxylation is 1. The lowest BCUT2D eigenvalue weighted by Gasteiger charge is -2.08. The summed E-state index contributed by atoms with van der Waals surface area (Å²) in [6.07, 6.45) is 3.41. The summed E-state index contributed by atoms with van der Waals surface area (Å²) in [5, 5.41) is 2.64. The van der Waals surface area contributed by atoms with Gasteiger partial charge in [0, 0.05) is 19.3 Å². The molecule has 1 rings (SSSR count). The first-order valence-electron chi connectivity index (χ1n) is 6.48. The van der Waals surface area contributed by atoms with Crippen LogP contribution in [0.5, 0.6) is 0 Å². The van der Waals surface area contributed by atoms with Crippen molar-refractivity contribution in [3.63, 3.8) is 0 Å². The van der Waals surface area contributed by atoms with Crippen LogP contribution >= 0.6 is 0 Å². The Morgan fingerprint density at radius 1 is 1.37 bits per heavy atom. The molecule has 19 heavy (non-hydrogen) atoms. The lowest BCUT2D eigenvalue weighted by molar-refractivity contribution is -0.124. The molecule has 0 aromatic carbocycles. The summed E-state index contributed by atoms with van der Waals surface area (Å²) in [7, 11) is 0. The van der Waals surface area contributed by atoms with E-state index in [1.807, 2.05) is 13.8 Å². The number of esters is 1. The lowest BCUT2D eigenvalue weighted by Crippen LogP contribution is -2.29. The normalized spacial score (nSPS) is 10.2. The van der Waals surface area contributed by atoms with Crippen LogP contribution in [-0.2, 0) is 16.1 Å². The first-order valence-corrected chi connectivity index (χ1v) is 6.48. The van der Waals surface area contributed by atoms with Crippen LogP contribution in [0.25, 0.3) is 0 Å². The molecule has 0 aliphatic heterocycles. The van der Waals surface area contributed by atoms with Crippen molar-refractivity contribution in [2.75, 3.05) is 18.9 Å². The number of carbonyl (C=O) groups excluding carboxylic acids is 2. The van der Waals surface area contributed by atoms with Crippen molar-refractivity contribution in [2.24, 2.45) is 0 Å². The van der Waals surface area contributed by atoms with Crippen molar-refractivity contribution in [2.45, 2.75) is 33.2 Å².